The summed E-state index contributed by atoms with van der Waals surface area (Å²) in [5, 5.41) is 13.7. The fourth-order valence-corrected chi connectivity index (χ4v) is 5.03. The summed E-state index contributed by atoms with van der Waals surface area (Å²) >= 11 is 3.49. The number of hydrogen-bond donors (Lipinski definition) is 3. The van der Waals surface area contributed by atoms with Gasteiger partial charge in [0.15, 0.2) is 0 Å². The molecule has 2 aromatic heterocycles. The van der Waals surface area contributed by atoms with Crippen LogP contribution in [0.1, 0.15) is 38.8 Å². The van der Waals surface area contributed by atoms with Crippen LogP contribution in [0.15, 0.2) is 59.3 Å². The Kier molecular flexibility index (Phi) is 6.25. The van der Waals surface area contributed by atoms with Crippen LogP contribution < -0.4 is 10.6 Å². The van der Waals surface area contributed by atoms with Gasteiger partial charge in [0.1, 0.15) is 0 Å². The highest BCUT2D eigenvalue weighted by Gasteiger charge is 2.34. The standard InChI is InChI=1S/C26H25BrN6O2/c1-15-22(30-16(2)23(15)26(35)28-10-12-33-13-11-29-32-33)14-20-24-19(17-6-8-18(27)9-7-17)4-3-5-21(24)31-25(20)34/h3-9,11,13,20,30H,10,12,14H2,1-2H3,(H,28,35)(H,31,34). The van der Waals surface area contributed by atoms with Crippen LogP contribution in [-0.4, -0.2) is 38.3 Å². The van der Waals surface area contributed by atoms with E-state index >= 15 is 0 Å². The smallest absolute Gasteiger partial charge is 0.253 e. The molecule has 0 bridgehead atoms. The minimum Gasteiger partial charge on any atom is -0.362 e. The van der Waals surface area contributed by atoms with Crippen molar-refractivity contribution >= 4 is 33.4 Å². The Hall–Kier alpha value is -3.72. The average Bonchev–Trinajstić information content (AvgIpc) is 3.53. The number of benzene rings is 2. The SMILES string of the molecule is Cc1[nH]c(CC2C(=O)Nc3cccc(-c4ccc(Br)cc4)c32)c(C)c1C(=O)NCCn1ccnn1. The van der Waals surface area contributed by atoms with Crippen LogP contribution >= 0.6 is 15.9 Å². The molecule has 0 spiro atoms. The molecule has 4 aromatic rings. The third-order valence-corrected chi connectivity index (χ3v) is 6.99. The number of anilines is 1. The van der Waals surface area contributed by atoms with Crippen molar-refractivity contribution in [3.05, 3.63) is 87.4 Å². The molecule has 1 atom stereocenters. The van der Waals surface area contributed by atoms with Crippen molar-refractivity contribution in [1.82, 2.24) is 25.3 Å². The van der Waals surface area contributed by atoms with Gasteiger partial charge in [-0.3, -0.25) is 14.3 Å². The van der Waals surface area contributed by atoms with Crippen molar-refractivity contribution < 1.29 is 9.59 Å². The summed E-state index contributed by atoms with van der Waals surface area (Å²) in [6.07, 6.45) is 3.84. The number of aryl methyl sites for hydroxylation is 1. The minimum absolute atomic E-state index is 0.0324. The molecule has 1 aliphatic rings. The van der Waals surface area contributed by atoms with Crippen molar-refractivity contribution in [2.75, 3.05) is 11.9 Å². The number of nitrogens with zero attached hydrogens (tertiary/aromatic N) is 3. The maximum absolute atomic E-state index is 13.0. The largest absolute Gasteiger partial charge is 0.362 e. The summed E-state index contributed by atoms with van der Waals surface area (Å²) in [4.78, 5) is 29.3. The van der Waals surface area contributed by atoms with Crippen LogP contribution in [-0.2, 0) is 17.8 Å². The fraction of sp³-hybridized carbons (Fsp3) is 0.231. The van der Waals surface area contributed by atoms with Crippen molar-refractivity contribution in [3.63, 3.8) is 0 Å². The molecule has 0 radical (unpaired) electrons. The van der Waals surface area contributed by atoms with Crippen LogP contribution in [0.3, 0.4) is 0 Å². The van der Waals surface area contributed by atoms with Crippen LogP contribution in [0.25, 0.3) is 11.1 Å². The second kappa shape index (κ2) is 9.50. The van der Waals surface area contributed by atoms with Crippen molar-refractivity contribution in [2.24, 2.45) is 0 Å². The Bertz CT molecular complexity index is 1390. The van der Waals surface area contributed by atoms with E-state index in [1.54, 1.807) is 17.1 Å². The second-order valence-corrected chi connectivity index (χ2v) is 9.59. The summed E-state index contributed by atoms with van der Waals surface area (Å²) in [6.45, 7) is 4.80. The van der Waals surface area contributed by atoms with Gasteiger partial charge in [0, 0.05) is 40.7 Å². The lowest BCUT2D eigenvalue weighted by Crippen LogP contribution is -2.28. The van der Waals surface area contributed by atoms with E-state index in [9.17, 15) is 9.59 Å². The van der Waals surface area contributed by atoms with Crippen molar-refractivity contribution in [3.8, 4) is 11.1 Å². The lowest BCUT2D eigenvalue weighted by atomic mass is 9.88. The normalized spacial score (nSPS) is 14.6. The summed E-state index contributed by atoms with van der Waals surface area (Å²) in [5.41, 5.74) is 7.08. The van der Waals surface area contributed by atoms with Crippen molar-refractivity contribution in [1.29, 1.82) is 0 Å². The Morgan fingerprint density at radius 2 is 1.97 bits per heavy atom. The van der Waals surface area contributed by atoms with Gasteiger partial charge in [-0.2, -0.15) is 0 Å². The summed E-state index contributed by atoms with van der Waals surface area (Å²) in [7, 11) is 0. The Morgan fingerprint density at radius 1 is 1.17 bits per heavy atom. The third kappa shape index (κ3) is 4.51. The average molecular weight is 533 g/mol. The van der Waals surface area contributed by atoms with Gasteiger partial charge in [0.2, 0.25) is 5.91 Å². The molecule has 1 unspecified atom stereocenters. The minimum atomic E-state index is -0.357. The van der Waals surface area contributed by atoms with E-state index < -0.39 is 0 Å². The maximum Gasteiger partial charge on any atom is 0.253 e. The highest BCUT2D eigenvalue weighted by molar-refractivity contribution is 9.10. The predicted octanol–water partition coefficient (Wildman–Crippen LogP) is 4.36. The maximum atomic E-state index is 13.0. The highest BCUT2D eigenvalue weighted by Crippen LogP contribution is 2.42. The van der Waals surface area contributed by atoms with Gasteiger partial charge in [0.05, 0.1) is 24.2 Å². The van der Waals surface area contributed by atoms with Crippen molar-refractivity contribution in [2.45, 2.75) is 32.7 Å². The van der Waals surface area contributed by atoms with E-state index in [0.717, 1.165) is 43.8 Å². The number of rotatable bonds is 7. The van der Waals surface area contributed by atoms with Crippen LogP contribution in [0.5, 0.6) is 0 Å². The summed E-state index contributed by atoms with van der Waals surface area (Å²) in [5.74, 6) is -0.533. The molecule has 3 N–H and O–H groups in total. The lowest BCUT2D eigenvalue weighted by Gasteiger charge is -2.14. The van der Waals surface area contributed by atoms with E-state index in [2.05, 4.69) is 47.9 Å². The zero-order chi connectivity index (χ0) is 24.5. The Labute approximate surface area is 211 Å². The van der Waals surface area contributed by atoms with E-state index in [-0.39, 0.29) is 17.7 Å². The van der Waals surface area contributed by atoms with E-state index in [0.29, 0.717) is 25.1 Å². The number of carbonyl (C=O) groups excluding carboxylic acids is 2. The van der Waals surface area contributed by atoms with Gasteiger partial charge in [-0.15, -0.1) is 5.10 Å². The number of amides is 2. The van der Waals surface area contributed by atoms with Gasteiger partial charge in [-0.25, -0.2) is 0 Å². The molecule has 178 valence electrons. The molecule has 8 nitrogen and oxygen atoms in total. The molecule has 5 rings (SSSR count). The number of carbonyl (C=O) groups is 2. The molecule has 2 aromatic carbocycles. The Morgan fingerprint density at radius 3 is 2.71 bits per heavy atom. The number of aromatic amines is 1. The molecule has 1 aliphatic heterocycles. The molecule has 2 amide bonds. The molecular weight excluding hydrogens is 508 g/mol. The molecule has 0 saturated heterocycles. The first-order valence-corrected chi connectivity index (χ1v) is 12.2. The number of nitrogens with one attached hydrogen (secondary N) is 3. The Balaban J connectivity index is 1.39. The van der Waals surface area contributed by atoms with E-state index in [1.807, 2.05) is 50.2 Å². The molecule has 0 saturated carbocycles. The number of aromatic nitrogens is 4. The first kappa shape index (κ1) is 23.0. The predicted molar refractivity (Wildman–Crippen MR) is 137 cm³/mol. The number of H-pyrrole nitrogens is 1. The zero-order valence-corrected chi connectivity index (χ0v) is 21.0. The number of fused-ring (bicyclic) bond motifs is 1. The van der Waals surface area contributed by atoms with Gasteiger partial charge >= 0.3 is 0 Å². The molecule has 0 aliphatic carbocycles. The van der Waals surface area contributed by atoms with E-state index in [4.69, 9.17) is 0 Å². The van der Waals surface area contributed by atoms with Gasteiger partial charge in [0.25, 0.3) is 5.91 Å². The number of hydrogen-bond acceptors (Lipinski definition) is 4. The summed E-state index contributed by atoms with van der Waals surface area (Å²) < 4.78 is 2.67. The molecule has 9 heteroatoms. The molecule has 0 fully saturated rings. The van der Waals surface area contributed by atoms with Crippen LogP contribution in [0.2, 0.25) is 0 Å². The van der Waals surface area contributed by atoms with Gasteiger partial charge in [-0.05, 0) is 54.3 Å². The third-order valence-electron chi connectivity index (χ3n) is 6.46. The van der Waals surface area contributed by atoms with Crippen LogP contribution in [0, 0.1) is 13.8 Å². The first-order chi connectivity index (χ1) is 16.9. The van der Waals surface area contributed by atoms with Gasteiger partial charge < -0.3 is 15.6 Å². The lowest BCUT2D eigenvalue weighted by molar-refractivity contribution is -0.117. The number of halogens is 1. The zero-order valence-electron chi connectivity index (χ0n) is 19.4. The van der Waals surface area contributed by atoms with Crippen LogP contribution in [0.4, 0.5) is 5.69 Å². The van der Waals surface area contributed by atoms with Gasteiger partial charge in [-0.1, -0.05) is 45.4 Å². The molecule has 3 heterocycles. The quantitative estimate of drug-likeness (QED) is 0.328. The van der Waals surface area contributed by atoms with E-state index in [1.165, 1.54) is 0 Å². The fourth-order valence-electron chi connectivity index (χ4n) is 4.76. The highest BCUT2D eigenvalue weighted by atomic mass is 79.9. The summed E-state index contributed by atoms with van der Waals surface area (Å²) in [6, 6.07) is 14.0. The molecular formula is C26H25BrN6O2. The molecule has 35 heavy (non-hydrogen) atoms. The second-order valence-electron chi connectivity index (χ2n) is 8.67. The topological polar surface area (TPSA) is 105 Å². The monoisotopic (exact) mass is 532 g/mol. The first-order valence-electron chi connectivity index (χ1n) is 11.4.